The van der Waals surface area contributed by atoms with Crippen molar-refractivity contribution in [2.45, 2.75) is 175 Å². The van der Waals surface area contributed by atoms with Crippen LogP contribution in [0.25, 0.3) is 5.57 Å². The Morgan fingerprint density at radius 2 is 0.859 bits per heavy atom. The Bertz CT molecular complexity index is 4270. The number of allylic oxidation sites excluding steroid dienone is 36. The SMILES string of the molecule is C1=CC2C(=C1)C(Cc1ccc(C3C=CC=C3)cc1)=CC=C2c1ccc2c(c1)CCC2.CC(C)(C)c1ccc(CCCc2ccc(CC3=CC=C(C4=CCCC=C4)C4C=CC=C34)cc2)cc1.CC(C)C.CC1CCC(Cc2ccc(CC3=CC=C(C4=CCCC=C4)C4C=CC=C34)cc2)CC1. The summed E-state index contributed by atoms with van der Waals surface area (Å²) < 4.78 is 0. The van der Waals surface area contributed by atoms with E-state index in [2.05, 4.69) is 316 Å². The van der Waals surface area contributed by atoms with Crippen LogP contribution in [-0.2, 0) is 56.8 Å². The maximum atomic E-state index is 2.45. The van der Waals surface area contributed by atoms with Crippen LogP contribution in [0.3, 0.4) is 0 Å². The first-order valence-electron chi connectivity index (χ1n) is 38.3. The zero-order valence-corrected chi connectivity index (χ0v) is 60.7. The lowest BCUT2D eigenvalue weighted by atomic mass is 9.78. The van der Waals surface area contributed by atoms with Gasteiger partial charge in [-0.1, -0.05) is 328 Å². The Morgan fingerprint density at radius 3 is 1.34 bits per heavy atom. The Kier molecular flexibility index (Phi) is 22.7. The number of hydrogen-bond donors (Lipinski definition) is 0. The van der Waals surface area contributed by atoms with Gasteiger partial charge >= 0.3 is 0 Å². The lowest BCUT2D eigenvalue weighted by Gasteiger charge is -2.26. The van der Waals surface area contributed by atoms with Crippen LogP contribution in [0.1, 0.15) is 180 Å². The van der Waals surface area contributed by atoms with Crippen LogP contribution in [0.4, 0.5) is 0 Å². The lowest BCUT2D eigenvalue weighted by molar-refractivity contribution is 0.289. The van der Waals surface area contributed by atoms with Crippen molar-refractivity contribution in [1.82, 2.24) is 0 Å². The number of aryl methyl sites for hydroxylation is 4. The predicted molar refractivity (Wildman–Crippen MR) is 426 cm³/mol. The summed E-state index contributed by atoms with van der Waals surface area (Å²) in [5.41, 5.74) is 32.2. The van der Waals surface area contributed by atoms with Gasteiger partial charge in [-0.25, -0.2) is 0 Å². The molecular weight excluding hydrogens is 1190 g/mol. The van der Waals surface area contributed by atoms with E-state index in [-0.39, 0.29) is 5.41 Å². The molecule has 0 aliphatic heterocycles. The summed E-state index contributed by atoms with van der Waals surface area (Å²) in [4.78, 5) is 0. The molecule has 99 heavy (non-hydrogen) atoms. The third-order valence-corrected chi connectivity index (χ3v) is 22.1. The molecule has 1 saturated carbocycles. The Labute approximate surface area is 596 Å². The second kappa shape index (κ2) is 32.6. The summed E-state index contributed by atoms with van der Waals surface area (Å²) in [6.45, 7) is 15.7. The highest BCUT2D eigenvalue weighted by Crippen LogP contribution is 2.45. The average Bonchev–Trinajstić information content (AvgIpc) is 1.39. The van der Waals surface area contributed by atoms with Gasteiger partial charge in [-0.2, -0.15) is 0 Å². The minimum absolute atomic E-state index is 0.225. The van der Waals surface area contributed by atoms with E-state index in [4.69, 9.17) is 0 Å². The third-order valence-electron chi connectivity index (χ3n) is 22.1. The minimum Gasteiger partial charge on any atom is -0.0836 e. The van der Waals surface area contributed by atoms with Crippen molar-refractivity contribution in [2.75, 3.05) is 0 Å². The largest absolute Gasteiger partial charge is 0.0836 e. The van der Waals surface area contributed by atoms with Gasteiger partial charge in [0.2, 0.25) is 0 Å². The van der Waals surface area contributed by atoms with E-state index >= 15 is 0 Å². The summed E-state index contributed by atoms with van der Waals surface area (Å²) in [6.07, 6.45) is 79.7. The molecule has 11 aliphatic carbocycles. The molecule has 0 bridgehead atoms. The smallest absolute Gasteiger partial charge is 0.0281 e. The molecule has 0 aromatic heterocycles. The summed E-state index contributed by atoms with van der Waals surface area (Å²) in [5.74, 6) is 4.37. The zero-order chi connectivity index (χ0) is 68.1. The first kappa shape index (κ1) is 68.9. The molecule has 5 aromatic carbocycles. The van der Waals surface area contributed by atoms with Gasteiger partial charge in [0, 0.05) is 23.7 Å². The second-order valence-electron chi connectivity index (χ2n) is 31.6. The molecule has 0 amide bonds. The Hall–Kier alpha value is -8.58. The summed E-state index contributed by atoms with van der Waals surface area (Å²) in [5, 5.41) is 0. The molecule has 0 radical (unpaired) electrons. The van der Waals surface area contributed by atoms with Gasteiger partial charge in [-0.05, 0) is 248 Å². The van der Waals surface area contributed by atoms with Crippen LogP contribution in [-0.4, -0.2) is 0 Å². The normalized spacial score (nSPS) is 22.1. The van der Waals surface area contributed by atoms with Crippen molar-refractivity contribution in [3.05, 3.63) is 384 Å². The van der Waals surface area contributed by atoms with Gasteiger partial charge in [0.1, 0.15) is 0 Å². The Morgan fingerprint density at radius 1 is 0.414 bits per heavy atom. The fourth-order valence-electron chi connectivity index (χ4n) is 16.4. The van der Waals surface area contributed by atoms with Crippen molar-refractivity contribution in [2.24, 2.45) is 35.5 Å². The van der Waals surface area contributed by atoms with E-state index < -0.39 is 0 Å². The molecule has 1 fully saturated rings. The first-order valence-corrected chi connectivity index (χ1v) is 38.3. The maximum Gasteiger partial charge on any atom is 0.0281 e. The predicted octanol–water partition coefficient (Wildman–Crippen LogP) is 25.5. The van der Waals surface area contributed by atoms with Crippen molar-refractivity contribution < 1.29 is 0 Å². The van der Waals surface area contributed by atoms with Crippen LogP contribution in [0.2, 0.25) is 0 Å². The molecule has 0 nitrogen and oxygen atoms in total. The van der Waals surface area contributed by atoms with Crippen molar-refractivity contribution in [1.29, 1.82) is 0 Å². The van der Waals surface area contributed by atoms with Crippen LogP contribution >= 0.6 is 0 Å². The lowest BCUT2D eigenvalue weighted by Crippen LogP contribution is -2.14. The van der Waals surface area contributed by atoms with Crippen molar-refractivity contribution in [3.63, 3.8) is 0 Å². The molecule has 0 N–H and O–H groups in total. The van der Waals surface area contributed by atoms with Crippen LogP contribution in [0.15, 0.2) is 323 Å². The highest BCUT2D eigenvalue weighted by molar-refractivity contribution is 5.79. The van der Waals surface area contributed by atoms with E-state index in [9.17, 15) is 0 Å². The van der Waals surface area contributed by atoms with Crippen LogP contribution in [0.5, 0.6) is 0 Å². The second-order valence-corrected chi connectivity index (χ2v) is 31.6. The fraction of sp³-hybridized carbons (Fsp3) is 0.333. The number of hydrogen-bond acceptors (Lipinski definition) is 0. The van der Waals surface area contributed by atoms with Gasteiger partial charge < -0.3 is 0 Å². The molecular formula is C99H108. The van der Waals surface area contributed by atoms with E-state index in [1.165, 1.54) is 188 Å². The molecule has 3 atom stereocenters. The summed E-state index contributed by atoms with van der Waals surface area (Å²) >= 11 is 0. The van der Waals surface area contributed by atoms with Crippen LogP contribution in [0, 0.1) is 35.5 Å². The van der Waals surface area contributed by atoms with E-state index in [0.29, 0.717) is 23.7 Å². The molecule has 11 aliphatic rings. The standard InChI is InChI=1S/C35H38.C30H26.C30H34.C4H10/c1-35(2,3)31-22-19-27(20-23-31)10-7-9-26-15-17-28(18-16-26)25-30-21-24-33(29-11-5-4-6-12-29)34-14-8-13-32(30)34;1-2-6-22(5-1)24-13-11-21(12-14-24)19-26-17-18-29(30-10-4-9-28(26)30)27-16-15-23-7-3-8-25(23)20-27;1-22-10-12-23(13-11-22)20-24-14-16-25(17-15-24)21-27-18-19-29(26-6-3-2-4-7-26)30-9-5-8-28(27)30;1-4(2)3/h5,8,11-24,34H,4,6-7,9-10,25H2,1-3H3;1-2,4-6,9-18,20,22,30H,3,7-8,19H2;3,5-9,14-19,22-23,30H,2,4,10-13,20-21H2,1H3;4H,1-3H3. The molecule has 0 saturated heterocycles. The van der Waals surface area contributed by atoms with Crippen LogP contribution < -0.4 is 0 Å². The minimum atomic E-state index is 0.225. The number of rotatable bonds is 16. The van der Waals surface area contributed by atoms with Gasteiger partial charge in [0.15, 0.2) is 0 Å². The summed E-state index contributed by atoms with van der Waals surface area (Å²) in [7, 11) is 0. The van der Waals surface area contributed by atoms with Crippen molar-refractivity contribution >= 4 is 5.57 Å². The molecule has 0 heteroatoms. The molecule has 16 rings (SSSR count). The van der Waals surface area contributed by atoms with E-state index in [0.717, 1.165) is 56.3 Å². The van der Waals surface area contributed by atoms with Gasteiger partial charge in [0.25, 0.3) is 0 Å². The molecule has 0 heterocycles. The zero-order valence-electron chi connectivity index (χ0n) is 60.7. The maximum absolute atomic E-state index is 2.45. The summed E-state index contributed by atoms with van der Waals surface area (Å²) in [6, 6.07) is 44.3. The Balaban J connectivity index is 0.000000130. The number of fused-ring (bicyclic) bond motifs is 4. The monoisotopic (exact) mass is 1300 g/mol. The molecule has 0 spiro atoms. The molecule has 5 aromatic rings. The quantitative estimate of drug-likeness (QED) is 0.0924. The fourth-order valence-corrected chi connectivity index (χ4v) is 16.4. The molecule has 504 valence electrons. The van der Waals surface area contributed by atoms with Gasteiger partial charge in [0.05, 0.1) is 0 Å². The molecule has 3 unspecified atom stereocenters. The average molecular weight is 1300 g/mol. The highest BCUT2D eigenvalue weighted by atomic mass is 14.3. The first-order chi connectivity index (χ1) is 48.3. The van der Waals surface area contributed by atoms with Gasteiger partial charge in [-0.15, -0.1) is 0 Å². The highest BCUT2D eigenvalue weighted by Gasteiger charge is 2.30. The van der Waals surface area contributed by atoms with Crippen molar-refractivity contribution in [3.8, 4) is 0 Å². The topological polar surface area (TPSA) is 0 Å². The third kappa shape index (κ3) is 17.7. The van der Waals surface area contributed by atoms with Gasteiger partial charge in [-0.3, -0.25) is 0 Å². The van der Waals surface area contributed by atoms with E-state index in [1.807, 2.05) is 0 Å². The number of benzene rings is 5. The van der Waals surface area contributed by atoms with E-state index in [1.54, 1.807) is 11.1 Å².